The minimum atomic E-state index is -0.356. The molecule has 2 heterocycles. The zero-order valence-corrected chi connectivity index (χ0v) is 17.3. The number of furan rings is 1. The molecule has 158 valence electrons. The van der Waals surface area contributed by atoms with Crippen molar-refractivity contribution in [1.82, 2.24) is 5.01 Å². The number of amides is 1. The number of rotatable bonds is 7. The van der Waals surface area contributed by atoms with Crippen LogP contribution in [0.4, 0.5) is 0 Å². The Morgan fingerprint density at radius 1 is 1.19 bits per heavy atom. The Labute approximate surface area is 179 Å². The highest BCUT2D eigenvalue weighted by atomic mass is 16.5. The van der Waals surface area contributed by atoms with Gasteiger partial charge in [-0.1, -0.05) is 29.8 Å². The third kappa shape index (κ3) is 4.35. The van der Waals surface area contributed by atoms with Crippen molar-refractivity contribution < 1.29 is 23.5 Å². The topological polar surface area (TPSA) is 81.3 Å². The third-order valence-electron chi connectivity index (χ3n) is 5.10. The quantitative estimate of drug-likeness (QED) is 0.538. The molecular formula is C24H22N2O5. The number of aryl methyl sites for hydroxylation is 1. The molecule has 0 saturated carbocycles. The molecule has 0 N–H and O–H groups in total. The molecule has 0 spiro atoms. The molecule has 1 aliphatic heterocycles. The molecule has 4 rings (SSSR count). The lowest BCUT2D eigenvalue weighted by Crippen LogP contribution is -2.31. The first-order valence-corrected chi connectivity index (χ1v) is 9.85. The molecule has 0 fully saturated rings. The van der Waals surface area contributed by atoms with Gasteiger partial charge in [-0.3, -0.25) is 9.59 Å². The van der Waals surface area contributed by atoms with Crippen LogP contribution in [0.25, 0.3) is 0 Å². The molecular weight excluding hydrogens is 396 g/mol. The number of hydrogen-bond acceptors (Lipinski definition) is 6. The van der Waals surface area contributed by atoms with Crippen LogP contribution in [-0.2, 0) is 4.79 Å². The van der Waals surface area contributed by atoms with Crippen molar-refractivity contribution in [3.8, 4) is 11.5 Å². The van der Waals surface area contributed by atoms with Crippen LogP contribution in [0.3, 0.4) is 0 Å². The van der Waals surface area contributed by atoms with E-state index in [4.69, 9.17) is 13.9 Å². The van der Waals surface area contributed by atoms with Crippen LogP contribution in [0.2, 0.25) is 0 Å². The first-order valence-electron chi connectivity index (χ1n) is 9.85. The van der Waals surface area contributed by atoms with Gasteiger partial charge in [0.05, 0.1) is 19.1 Å². The number of hydrazone groups is 1. The standard InChI is InChI=1S/C24H22N2O5/c1-16-5-8-18(9-6-16)19-13-20(21-4-3-11-30-21)26(25-19)24(28)15-31-23-12-17(14-27)7-10-22(23)29-2/h3-12,14,20H,13,15H2,1-2H3/t20-/m1/s1. The lowest BCUT2D eigenvalue weighted by molar-refractivity contribution is -0.135. The second-order valence-electron chi connectivity index (χ2n) is 7.20. The first kappa shape index (κ1) is 20.4. The first-order chi connectivity index (χ1) is 15.1. The molecule has 1 amide bonds. The van der Waals surface area contributed by atoms with Gasteiger partial charge < -0.3 is 13.9 Å². The van der Waals surface area contributed by atoms with Crippen molar-refractivity contribution in [2.45, 2.75) is 19.4 Å². The van der Waals surface area contributed by atoms with Gasteiger partial charge in [0.25, 0.3) is 5.91 Å². The molecule has 0 unspecified atom stereocenters. The van der Waals surface area contributed by atoms with E-state index in [0.717, 1.165) is 16.8 Å². The second-order valence-corrected chi connectivity index (χ2v) is 7.20. The Morgan fingerprint density at radius 3 is 2.68 bits per heavy atom. The van der Waals surface area contributed by atoms with Gasteiger partial charge in [-0.25, -0.2) is 5.01 Å². The van der Waals surface area contributed by atoms with E-state index < -0.39 is 0 Å². The van der Waals surface area contributed by atoms with Crippen molar-refractivity contribution in [3.05, 3.63) is 83.3 Å². The highest BCUT2D eigenvalue weighted by Crippen LogP contribution is 2.34. The van der Waals surface area contributed by atoms with Gasteiger partial charge in [-0.05, 0) is 42.8 Å². The summed E-state index contributed by atoms with van der Waals surface area (Å²) in [6, 6.07) is 16.1. The van der Waals surface area contributed by atoms with E-state index in [-0.39, 0.29) is 18.6 Å². The molecule has 0 saturated heterocycles. The van der Waals surface area contributed by atoms with Crippen LogP contribution in [0.1, 0.15) is 39.7 Å². The van der Waals surface area contributed by atoms with Gasteiger partial charge in [0.15, 0.2) is 18.1 Å². The van der Waals surface area contributed by atoms with Crippen LogP contribution in [-0.4, -0.2) is 36.6 Å². The van der Waals surface area contributed by atoms with Crippen molar-refractivity contribution in [3.63, 3.8) is 0 Å². The zero-order chi connectivity index (χ0) is 21.8. The SMILES string of the molecule is COc1ccc(C=O)cc1OCC(=O)N1N=C(c2ccc(C)cc2)C[C@@H]1c1ccco1. The van der Waals surface area contributed by atoms with E-state index in [9.17, 15) is 9.59 Å². The summed E-state index contributed by atoms with van der Waals surface area (Å²) in [7, 11) is 1.50. The highest BCUT2D eigenvalue weighted by molar-refractivity contribution is 6.03. The molecule has 31 heavy (non-hydrogen) atoms. The fourth-order valence-electron chi connectivity index (χ4n) is 3.45. The lowest BCUT2D eigenvalue weighted by Gasteiger charge is -2.20. The molecule has 2 aromatic carbocycles. The average Bonchev–Trinajstić information content (AvgIpc) is 3.47. The van der Waals surface area contributed by atoms with E-state index in [2.05, 4.69) is 5.10 Å². The Bertz CT molecular complexity index is 1100. The maximum atomic E-state index is 13.1. The van der Waals surface area contributed by atoms with Gasteiger partial charge in [-0.15, -0.1) is 0 Å². The molecule has 1 aliphatic rings. The Balaban J connectivity index is 1.56. The Kier molecular flexibility index (Phi) is 5.84. The summed E-state index contributed by atoms with van der Waals surface area (Å²) in [5, 5.41) is 5.99. The lowest BCUT2D eigenvalue weighted by atomic mass is 10.0. The summed E-state index contributed by atoms with van der Waals surface area (Å²) < 4.78 is 16.5. The van der Waals surface area contributed by atoms with Gasteiger partial charge in [0.1, 0.15) is 18.1 Å². The third-order valence-corrected chi connectivity index (χ3v) is 5.10. The van der Waals surface area contributed by atoms with E-state index in [1.807, 2.05) is 37.3 Å². The van der Waals surface area contributed by atoms with E-state index >= 15 is 0 Å². The molecule has 3 aromatic rings. The molecule has 0 bridgehead atoms. The van der Waals surface area contributed by atoms with Crippen LogP contribution in [0.5, 0.6) is 11.5 Å². The predicted molar refractivity (Wildman–Crippen MR) is 115 cm³/mol. The van der Waals surface area contributed by atoms with E-state index in [1.165, 1.54) is 18.2 Å². The fourth-order valence-corrected chi connectivity index (χ4v) is 3.45. The summed E-state index contributed by atoms with van der Waals surface area (Å²) >= 11 is 0. The number of methoxy groups -OCH3 is 1. The number of benzene rings is 2. The molecule has 7 heteroatoms. The molecule has 1 atom stereocenters. The number of hydrogen-bond donors (Lipinski definition) is 0. The summed E-state index contributed by atoms with van der Waals surface area (Å²) in [5.74, 6) is 1.07. The number of nitrogens with zero attached hydrogens (tertiary/aromatic N) is 2. The molecule has 0 aliphatic carbocycles. The van der Waals surface area contributed by atoms with Gasteiger partial charge in [0.2, 0.25) is 0 Å². The second kappa shape index (κ2) is 8.87. The molecule has 0 radical (unpaired) electrons. The normalized spacial score (nSPS) is 15.5. The number of aldehydes is 1. The van der Waals surface area contributed by atoms with Crippen LogP contribution in [0, 0.1) is 6.92 Å². The minimum Gasteiger partial charge on any atom is -0.493 e. The van der Waals surface area contributed by atoms with Crippen molar-refractivity contribution >= 4 is 17.9 Å². The number of carbonyl (C=O) groups excluding carboxylic acids is 2. The predicted octanol–water partition coefficient (Wildman–Crippen LogP) is 4.17. The van der Waals surface area contributed by atoms with Crippen LogP contribution >= 0.6 is 0 Å². The van der Waals surface area contributed by atoms with E-state index in [1.54, 1.807) is 24.5 Å². The highest BCUT2D eigenvalue weighted by Gasteiger charge is 2.35. The maximum absolute atomic E-state index is 13.1. The maximum Gasteiger partial charge on any atom is 0.281 e. The van der Waals surface area contributed by atoms with Crippen molar-refractivity contribution in [2.75, 3.05) is 13.7 Å². The summed E-state index contributed by atoms with van der Waals surface area (Å²) in [6.45, 7) is 1.76. The van der Waals surface area contributed by atoms with E-state index in [0.29, 0.717) is 35.5 Å². The number of ether oxygens (including phenoxy) is 2. The van der Waals surface area contributed by atoms with Crippen LogP contribution < -0.4 is 9.47 Å². The van der Waals surface area contributed by atoms with Crippen LogP contribution in [0.15, 0.2) is 70.4 Å². The monoisotopic (exact) mass is 418 g/mol. The van der Waals surface area contributed by atoms with Crippen molar-refractivity contribution in [1.29, 1.82) is 0 Å². The minimum absolute atomic E-state index is 0.263. The van der Waals surface area contributed by atoms with Gasteiger partial charge in [0, 0.05) is 12.0 Å². The molecule has 1 aromatic heterocycles. The van der Waals surface area contributed by atoms with Gasteiger partial charge >= 0.3 is 0 Å². The average molecular weight is 418 g/mol. The largest absolute Gasteiger partial charge is 0.493 e. The van der Waals surface area contributed by atoms with Gasteiger partial charge in [-0.2, -0.15) is 5.10 Å². The van der Waals surface area contributed by atoms with Crippen molar-refractivity contribution in [2.24, 2.45) is 5.10 Å². The zero-order valence-electron chi connectivity index (χ0n) is 17.3. The Hall–Kier alpha value is -3.87. The number of carbonyl (C=O) groups is 2. The summed E-state index contributed by atoms with van der Waals surface area (Å²) in [5.41, 5.74) is 3.34. The fraction of sp³-hybridized carbons (Fsp3) is 0.208. The molecule has 7 nitrogen and oxygen atoms in total. The smallest absolute Gasteiger partial charge is 0.281 e. The summed E-state index contributed by atoms with van der Waals surface area (Å²) in [6.07, 6.45) is 2.82. The Morgan fingerprint density at radius 2 is 2.00 bits per heavy atom. The summed E-state index contributed by atoms with van der Waals surface area (Å²) in [4.78, 5) is 24.1.